The highest BCUT2D eigenvalue weighted by atomic mass is 14.3. The standard InChI is InChI=1S/2C29H22/c2*1-5-13-22(14-6-1)26-21-27(23-15-7-2-8-16-23)29(25-19-11-4-12-20-25)28(26)24-17-9-3-10-18-24/h2*1-20H,21H2. The molecule has 0 heteroatoms. The number of hydrogen-bond donors (Lipinski definition) is 0. The van der Waals surface area contributed by atoms with Crippen molar-refractivity contribution in [2.45, 2.75) is 12.8 Å². The molecule has 0 unspecified atom stereocenters. The second-order valence-electron chi connectivity index (χ2n) is 14.7. The molecule has 10 rings (SSSR count). The third kappa shape index (κ3) is 7.61. The van der Waals surface area contributed by atoms with Gasteiger partial charge in [0.25, 0.3) is 0 Å². The Hall–Kier alpha value is -7.28. The van der Waals surface area contributed by atoms with Crippen LogP contribution in [-0.4, -0.2) is 0 Å². The van der Waals surface area contributed by atoms with Gasteiger partial charge in [0.15, 0.2) is 0 Å². The zero-order valence-electron chi connectivity index (χ0n) is 32.5. The van der Waals surface area contributed by atoms with Crippen LogP contribution in [0.2, 0.25) is 0 Å². The average molecular weight is 741 g/mol. The van der Waals surface area contributed by atoms with Crippen LogP contribution in [0.25, 0.3) is 44.6 Å². The normalized spacial score (nSPS) is 13.8. The molecule has 0 radical (unpaired) electrons. The third-order valence-corrected chi connectivity index (χ3v) is 11.2. The highest BCUT2D eigenvalue weighted by Crippen LogP contribution is 2.53. The summed E-state index contributed by atoms with van der Waals surface area (Å²) in [5.74, 6) is 0. The van der Waals surface area contributed by atoms with Gasteiger partial charge in [-0.05, 0) is 102 Å². The van der Waals surface area contributed by atoms with Crippen LogP contribution < -0.4 is 0 Å². The quantitative estimate of drug-likeness (QED) is 0.146. The molecule has 0 saturated heterocycles. The van der Waals surface area contributed by atoms with E-state index in [-0.39, 0.29) is 0 Å². The van der Waals surface area contributed by atoms with Crippen LogP contribution >= 0.6 is 0 Å². The molecule has 8 aromatic rings. The molecule has 0 aliphatic heterocycles. The fourth-order valence-electron chi connectivity index (χ4n) is 8.55. The molecule has 2 aliphatic rings. The lowest BCUT2D eigenvalue weighted by atomic mass is 9.89. The Balaban J connectivity index is 0.000000150. The van der Waals surface area contributed by atoms with Gasteiger partial charge in [0.2, 0.25) is 0 Å². The van der Waals surface area contributed by atoms with E-state index in [1.165, 1.54) is 89.1 Å². The van der Waals surface area contributed by atoms with Crippen LogP contribution in [0, 0.1) is 0 Å². The molecule has 276 valence electrons. The molecule has 0 bridgehead atoms. The van der Waals surface area contributed by atoms with Gasteiger partial charge in [-0.25, -0.2) is 0 Å². The minimum absolute atomic E-state index is 0.933. The summed E-state index contributed by atoms with van der Waals surface area (Å²) in [5.41, 5.74) is 21.3. The zero-order valence-corrected chi connectivity index (χ0v) is 32.5. The van der Waals surface area contributed by atoms with E-state index in [0.29, 0.717) is 0 Å². The van der Waals surface area contributed by atoms with E-state index < -0.39 is 0 Å². The third-order valence-electron chi connectivity index (χ3n) is 11.2. The fourth-order valence-corrected chi connectivity index (χ4v) is 8.55. The summed E-state index contributed by atoms with van der Waals surface area (Å²) in [6, 6.07) is 86.5. The summed E-state index contributed by atoms with van der Waals surface area (Å²) < 4.78 is 0. The molecule has 0 fully saturated rings. The highest BCUT2D eigenvalue weighted by molar-refractivity contribution is 6.28. The van der Waals surface area contributed by atoms with E-state index in [1.807, 2.05) is 0 Å². The molecule has 2 aliphatic carbocycles. The van der Waals surface area contributed by atoms with E-state index in [0.717, 1.165) is 12.8 Å². The van der Waals surface area contributed by atoms with Gasteiger partial charge in [-0.3, -0.25) is 0 Å². The van der Waals surface area contributed by atoms with Crippen molar-refractivity contribution >= 4 is 44.6 Å². The molecule has 0 aromatic heterocycles. The summed E-state index contributed by atoms with van der Waals surface area (Å²) in [4.78, 5) is 0. The lowest BCUT2D eigenvalue weighted by molar-refractivity contribution is 1.42. The van der Waals surface area contributed by atoms with Gasteiger partial charge in [0.1, 0.15) is 0 Å². The van der Waals surface area contributed by atoms with Crippen molar-refractivity contribution < 1.29 is 0 Å². The van der Waals surface area contributed by atoms with E-state index in [9.17, 15) is 0 Å². The van der Waals surface area contributed by atoms with Crippen molar-refractivity contribution in [3.63, 3.8) is 0 Å². The Kier molecular flexibility index (Phi) is 10.8. The molecular formula is C58H44. The molecule has 0 nitrogen and oxygen atoms in total. The molecule has 8 aromatic carbocycles. The Morgan fingerprint density at radius 3 is 0.448 bits per heavy atom. The summed E-state index contributed by atoms with van der Waals surface area (Å²) in [6.07, 6.45) is 1.87. The van der Waals surface area contributed by atoms with E-state index >= 15 is 0 Å². The number of benzene rings is 8. The maximum atomic E-state index is 2.23. The van der Waals surface area contributed by atoms with Crippen LogP contribution in [0.5, 0.6) is 0 Å². The first kappa shape index (κ1) is 36.4. The Bertz CT molecular complexity index is 2330. The molecule has 0 atom stereocenters. The molecule has 0 spiro atoms. The van der Waals surface area contributed by atoms with Crippen LogP contribution in [0.15, 0.2) is 243 Å². The molecular weight excluding hydrogens is 697 g/mol. The SMILES string of the molecule is c1ccc(C2=C(c3ccccc3)C(c3ccccc3)=C(c3ccccc3)C2)cc1.c1ccc(C2=C(c3ccccc3)C(c3ccccc3)=C(c3ccccc3)C2)cc1. The van der Waals surface area contributed by atoms with Gasteiger partial charge in [-0.2, -0.15) is 0 Å². The maximum absolute atomic E-state index is 2.23. The van der Waals surface area contributed by atoms with Gasteiger partial charge >= 0.3 is 0 Å². The van der Waals surface area contributed by atoms with Crippen molar-refractivity contribution in [3.8, 4) is 0 Å². The maximum Gasteiger partial charge on any atom is -0.000111 e. The minimum Gasteiger partial charge on any atom is -0.0622 e. The Morgan fingerprint density at radius 1 is 0.155 bits per heavy atom. The molecule has 0 saturated carbocycles. The van der Waals surface area contributed by atoms with Gasteiger partial charge in [-0.1, -0.05) is 243 Å². The first-order chi connectivity index (χ1) is 28.8. The molecule has 0 amide bonds. The van der Waals surface area contributed by atoms with Crippen LogP contribution in [0.1, 0.15) is 57.3 Å². The predicted octanol–water partition coefficient (Wildman–Crippen LogP) is 15.2. The largest absolute Gasteiger partial charge is 0.0622 e. The first-order valence-electron chi connectivity index (χ1n) is 20.2. The molecule has 0 N–H and O–H groups in total. The minimum atomic E-state index is 0.933. The van der Waals surface area contributed by atoms with Gasteiger partial charge < -0.3 is 0 Å². The number of rotatable bonds is 8. The van der Waals surface area contributed by atoms with Crippen molar-refractivity contribution in [3.05, 3.63) is 287 Å². The average Bonchev–Trinajstić information content (AvgIpc) is 3.93. The first-order valence-corrected chi connectivity index (χ1v) is 20.2. The summed E-state index contributed by atoms with van der Waals surface area (Å²) in [7, 11) is 0. The van der Waals surface area contributed by atoms with Gasteiger partial charge in [-0.15, -0.1) is 0 Å². The summed E-state index contributed by atoms with van der Waals surface area (Å²) in [5, 5.41) is 0. The molecule has 58 heavy (non-hydrogen) atoms. The van der Waals surface area contributed by atoms with Crippen LogP contribution in [0.4, 0.5) is 0 Å². The summed E-state index contributed by atoms with van der Waals surface area (Å²) in [6.45, 7) is 0. The smallest absolute Gasteiger partial charge is 0.000111 e. The van der Waals surface area contributed by atoms with Crippen molar-refractivity contribution in [1.29, 1.82) is 0 Å². The zero-order chi connectivity index (χ0) is 38.9. The number of hydrogen-bond acceptors (Lipinski definition) is 0. The van der Waals surface area contributed by atoms with Crippen molar-refractivity contribution in [1.82, 2.24) is 0 Å². The van der Waals surface area contributed by atoms with Crippen molar-refractivity contribution in [2.75, 3.05) is 0 Å². The van der Waals surface area contributed by atoms with Gasteiger partial charge in [0, 0.05) is 0 Å². The Labute approximate surface area is 343 Å². The predicted molar refractivity (Wildman–Crippen MR) is 248 cm³/mol. The van der Waals surface area contributed by atoms with E-state index in [4.69, 9.17) is 0 Å². The topological polar surface area (TPSA) is 0 Å². The van der Waals surface area contributed by atoms with Gasteiger partial charge in [0.05, 0.1) is 0 Å². The number of allylic oxidation sites excluding steroid dienone is 8. The van der Waals surface area contributed by atoms with Crippen LogP contribution in [0.3, 0.4) is 0 Å². The van der Waals surface area contributed by atoms with E-state index in [2.05, 4.69) is 243 Å². The van der Waals surface area contributed by atoms with E-state index in [1.54, 1.807) is 0 Å². The summed E-state index contributed by atoms with van der Waals surface area (Å²) >= 11 is 0. The Morgan fingerprint density at radius 2 is 0.293 bits per heavy atom. The second-order valence-corrected chi connectivity index (χ2v) is 14.7. The van der Waals surface area contributed by atoms with Crippen molar-refractivity contribution in [2.24, 2.45) is 0 Å². The lowest BCUT2D eigenvalue weighted by Gasteiger charge is -2.14. The fraction of sp³-hybridized carbons (Fsp3) is 0.0345. The monoisotopic (exact) mass is 740 g/mol. The second kappa shape index (κ2) is 17.2. The lowest BCUT2D eigenvalue weighted by Crippen LogP contribution is -1.92. The van der Waals surface area contributed by atoms with Crippen LogP contribution in [-0.2, 0) is 0 Å². The molecule has 0 heterocycles. The highest BCUT2D eigenvalue weighted by Gasteiger charge is 2.29.